The highest BCUT2D eigenvalue weighted by Crippen LogP contribution is 2.42. The Hall–Kier alpha value is -3.25. The lowest BCUT2D eigenvalue weighted by molar-refractivity contribution is -0.268. The number of thioether (sulfide) groups is 1. The van der Waals surface area contributed by atoms with Crippen LogP contribution in [-0.2, 0) is 37.0 Å². The molecule has 0 radical (unpaired) electrons. The zero-order chi connectivity index (χ0) is 27.1. The van der Waals surface area contributed by atoms with Gasteiger partial charge in [-0.05, 0) is 23.6 Å². The number of hydrogen-bond acceptors (Lipinski definition) is 9. The number of carbonyl (C=O) groups is 2. The number of rotatable bonds is 10. The SMILES string of the molecule is CC(=O)O[C@@H](C)C(=O)NCc1ccc([C@H]2O[C@@H](CSc3ncn[nH]3)[C@@H](C)[C@@H](c3ccc(CO)cc3)O2)cc1. The molecular weight excluding hydrogens is 508 g/mol. The summed E-state index contributed by atoms with van der Waals surface area (Å²) in [5, 5.41) is 19.7. The molecule has 0 saturated carbocycles. The lowest BCUT2D eigenvalue weighted by Gasteiger charge is -2.41. The maximum absolute atomic E-state index is 12.1. The van der Waals surface area contributed by atoms with Crippen molar-refractivity contribution in [1.82, 2.24) is 20.5 Å². The van der Waals surface area contributed by atoms with Gasteiger partial charge in [-0.25, -0.2) is 4.98 Å². The van der Waals surface area contributed by atoms with E-state index in [9.17, 15) is 14.7 Å². The summed E-state index contributed by atoms with van der Waals surface area (Å²) in [6.45, 7) is 5.19. The van der Waals surface area contributed by atoms with E-state index < -0.39 is 18.4 Å². The first-order chi connectivity index (χ1) is 18.3. The van der Waals surface area contributed by atoms with E-state index in [2.05, 4.69) is 27.4 Å². The number of hydrogen-bond donors (Lipinski definition) is 3. The lowest BCUT2D eigenvalue weighted by Crippen LogP contribution is -2.38. The van der Waals surface area contributed by atoms with E-state index in [4.69, 9.17) is 14.2 Å². The molecule has 10 nitrogen and oxygen atoms in total. The van der Waals surface area contributed by atoms with Gasteiger partial charge in [-0.3, -0.25) is 14.7 Å². The van der Waals surface area contributed by atoms with Gasteiger partial charge in [0.15, 0.2) is 17.6 Å². The fourth-order valence-electron chi connectivity index (χ4n) is 4.16. The Labute approximate surface area is 225 Å². The molecule has 0 aliphatic carbocycles. The second-order valence-electron chi connectivity index (χ2n) is 9.13. The van der Waals surface area contributed by atoms with E-state index in [-0.39, 0.29) is 30.6 Å². The third kappa shape index (κ3) is 7.19. The van der Waals surface area contributed by atoms with Crippen LogP contribution in [0.3, 0.4) is 0 Å². The second kappa shape index (κ2) is 13.0. The first kappa shape index (κ1) is 27.8. The van der Waals surface area contributed by atoms with Crippen LogP contribution in [0.4, 0.5) is 0 Å². The maximum Gasteiger partial charge on any atom is 0.303 e. The number of aromatic nitrogens is 3. The number of H-pyrrole nitrogens is 1. The number of carbonyl (C=O) groups excluding carboxylic acids is 2. The average molecular weight is 541 g/mol. The number of amides is 1. The fourth-order valence-corrected chi connectivity index (χ4v) is 5.11. The van der Waals surface area contributed by atoms with Crippen molar-refractivity contribution in [3.8, 4) is 0 Å². The van der Waals surface area contributed by atoms with Gasteiger partial charge in [-0.2, -0.15) is 5.10 Å². The third-order valence-electron chi connectivity index (χ3n) is 6.33. The summed E-state index contributed by atoms with van der Waals surface area (Å²) in [6.07, 6.45) is -0.322. The normalized spacial score (nSPS) is 22.0. The summed E-state index contributed by atoms with van der Waals surface area (Å²) < 4.78 is 17.8. The lowest BCUT2D eigenvalue weighted by atomic mass is 9.91. The molecule has 2 aromatic carbocycles. The Morgan fingerprint density at radius 2 is 1.79 bits per heavy atom. The van der Waals surface area contributed by atoms with Crippen LogP contribution in [0.5, 0.6) is 0 Å². The van der Waals surface area contributed by atoms with E-state index in [0.717, 1.165) is 27.4 Å². The molecule has 0 unspecified atom stereocenters. The van der Waals surface area contributed by atoms with Crippen molar-refractivity contribution in [3.05, 3.63) is 77.1 Å². The van der Waals surface area contributed by atoms with Gasteiger partial charge >= 0.3 is 5.97 Å². The predicted molar refractivity (Wildman–Crippen MR) is 140 cm³/mol. The van der Waals surface area contributed by atoms with Crippen LogP contribution in [-0.4, -0.2) is 50.1 Å². The number of benzene rings is 2. The molecule has 1 aromatic heterocycles. The van der Waals surface area contributed by atoms with Crippen molar-refractivity contribution in [3.63, 3.8) is 0 Å². The summed E-state index contributed by atoms with van der Waals surface area (Å²) in [5.74, 6) is -0.153. The van der Waals surface area contributed by atoms with Crippen molar-refractivity contribution in [2.45, 2.75) is 63.7 Å². The first-order valence-electron chi connectivity index (χ1n) is 12.4. The number of aromatic amines is 1. The van der Waals surface area contributed by atoms with Gasteiger partial charge in [-0.1, -0.05) is 67.2 Å². The minimum Gasteiger partial charge on any atom is -0.453 e. The van der Waals surface area contributed by atoms with Crippen LogP contribution in [0.15, 0.2) is 60.0 Å². The molecule has 202 valence electrons. The minimum atomic E-state index is -0.854. The van der Waals surface area contributed by atoms with Gasteiger partial charge in [-0.15, -0.1) is 0 Å². The van der Waals surface area contributed by atoms with Gasteiger partial charge < -0.3 is 24.6 Å². The van der Waals surface area contributed by atoms with E-state index in [1.165, 1.54) is 20.2 Å². The zero-order valence-electron chi connectivity index (χ0n) is 21.5. The summed E-state index contributed by atoms with van der Waals surface area (Å²) >= 11 is 1.54. The maximum atomic E-state index is 12.1. The number of esters is 1. The van der Waals surface area contributed by atoms with Gasteiger partial charge in [0, 0.05) is 30.7 Å². The number of aliphatic hydroxyl groups is 1. The van der Waals surface area contributed by atoms with E-state index in [1.807, 2.05) is 48.5 Å². The molecular formula is C27H32N4O6S. The highest BCUT2D eigenvalue weighted by atomic mass is 32.2. The summed E-state index contributed by atoms with van der Waals surface area (Å²) in [6, 6.07) is 15.4. The average Bonchev–Trinajstić information content (AvgIpc) is 3.45. The second-order valence-corrected chi connectivity index (χ2v) is 10.1. The topological polar surface area (TPSA) is 136 Å². The third-order valence-corrected chi connectivity index (χ3v) is 7.30. The highest BCUT2D eigenvalue weighted by molar-refractivity contribution is 7.99. The number of nitrogens with one attached hydrogen (secondary N) is 2. The van der Waals surface area contributed by atoms with E-state index >= 15 is 0 Å². The molecule has 1 fully saturated rings. The molecule has 1 amide bonds. The van der Waals surface area contributed by atoms with E-state index in [1.54, 1.807) is 11.8 Å². The highest BCUT2D eigenvalue weighted by Gasteiger charge is 2.38. The van der Waals surface area contributed by atoms with Crippen molar-refractivity contribution in [1.29, 1.82) is 0 Å². The van der Waals surface area contributed by atoms with Gasteiger partial charge in [0.25, 0.3) is 5.91 Å². The van der Waals surface area contributed by atoms with Crippen LogP contribution < -0.4 is 5.32 Å². The smallest absolute Gasteiger partial charge is 0.303 e. The number of aliphatic hydroxyl groups excluding tert-OH is 1. The molecule has 1 saturated heterocycles. The Morgan fingerprint density at radius 3 is 2.42 bits per heavy atom. The quantitative estimate of drug-likeness (QED) is 0.261. The molecule has 3 aromatic rings. The fraction of sp³-hybridized carbons (Fsp3) is 0.407. The molecule has 4 rings (SSSR count). The predicted octanol–water partition coefficient (Wildman–Crippen LogP) is 3.45. The largest absolute Gasteiger partial charge is 0.453 e. The van der Waals surface area contributed by atoms with Crippen LogP contribution in [0.25, 0.3) is 0 Å². The van der Waals surface area contributed by atoms with Crippen LogP contribution >= 0.6 is 11.8 Å². The summed E-state index contributed by atoms with van der Waals surface area (Å²) in [5.41, 5.74) is 3.59. The Morgan fingerprint density at radius 1 is 1.11 bits per heavy atom. The summed E-state index contributed by atoms with van der Waals surface area (Å²) in [4.78, 5) is 27.4. The molecule has 1 aliphatic rings. The van der Waals surface area contributed by atoms with Gasteiger partial charge in [0.1, 0.15) is 6.33 Å². The van der Waals surface area contributed by atoms with E-state index in [0.29, 0.717) is 12.3 Å². The molecule has 3 N–H and O–H groups in total. The Balaban J connectivity index is 1.46. The standard InChI is InChI=1S/C27H32N4O6S/c1-16-23(14-38-27-29-15-30-31-27)36-26(37-24(16)21-8-6-20(13-32)7-9-21)22-10-4-19(5-11-22)12-28-25(34)17(2)35-18(3)33/h4-11,15-17,23-24,26,32H,12-14H2,1-3H3,(H,28,34)(H,29,30,31)/t16-,17+,23+,24+,26+/m1/s1. The van der Waals surface area contributed by atoms with Gasteiger partial charge in [0.2, 0.25) is 0 Å². The van der Waals surface area contributed by atoms with Crippen LogP contribution in [0, 0.1) is 5.92 Å². The minimum absolute atomic E-state index is 0.0149. The molecule has 5 atom stereocenters. The first-order valence-corrected chi connectivity index (χ1v) is 13.3. The molecule has 0 bridgehead atoms. The summed E-state index contributed by atoms with van der Waals surface area (Å²) in [7, 11) is 0. The number of ether oxygens (including phenoxy) is 3. The molecule has 2 heterocycles. The molecule has 1 aliphatic heterocycles. The number of nitrogens with zero attached hydrogens (tertiary/aromatic N) is 2. The Kier molecular flexibility index (Phi) is 9.51. The zero-order valence-corrected chi connectivity index (χ0v) is 22.3. The van der Waals surface area contributed by atoms with Crippen molar-refractivity contribution in [2.75, 3.05) is 5.75 Å². The van der Waals surface area contributed by atoms with Crippen molar-refractivity contribution < 1.29 is 28.9 Å². The molecule has 38 heavy (non-hydrogen) atoms. The molecule has 0 spiro atoms. The van der Waals surface area contributed by atoms with Crippen LogP contribution in [0.1, 0.15) is 55.4 Å². The molecule has 11 heteroatoms. The van der Waals surface area contributed by atoms with Crippen LogP contribution in [0.2, 0.25) is 0 Å². The van der Waals surface area contributed by atoms with Crippen molar-refractivity contribution >= 4 is 23.6 Å². The van der Waals surface area contributed by atoms with Crippen molar-refractivity contribution in [2.24, 2.45) is 5.92 Å². The van der Waals surface area contributed by atoms with Gasteiger partial charge in [0.05, 0.1) is 18.8 Å². The monoisotopic (exact) mass is 540 g/mol. The Bertz CT molecular complexity index is 1190.